The fourth-order valence-corrected chi connectivity index (χ4v) is 3.99. The van der Waals surface area contributed by atoms with E-state index >= 15 is 0 Å². The van der Waals surface area contributed by atoms with E-state index in [9.17, 15) is 4.79 Å². The molecule has 0 unspecified atom stereocenters. The fourth-order valence-electron chi connectivity index (χ4n) is 3.73. The predicted molar refractivity (Wildman–Crippen MR) is 111 cm³/mol. The van der Waals surface area contributed by atoms with E-state index in [1.807, 2.05) is 44.2 Å². The first-order valence-corrected chi connectivity index (χ1v) is 9.44. The third kappa shape index (κ3) is 2.82. The Morgan fingerprint density at radius 1 is 1.21 bits per heavy atom. The quantitative estimate of drug-likeness (QED) is 0.484. The molecule has 0 spiro atoms. The second-order valence-electron chi connectivity index (χ2n) is 6.91. The molecule has 29 heavy (non-hydrogen) atoms. The zero-order chi connectivity index (χ0) is 20.1. The number of hydrogen-bond acceptors (Lipinski definition) is 5. The van der Waals surface area contributed by atoms with E-state index in [0.29, 0.717) is 22.8 Å². The molecular weight excluding hydrogens is 390 g/mol. The zero-order valence-electron chi connectivity index (χ0n) is 15.7. The SMILES string of the molecule is Cc1noc(C)c1-c1cc2ncc3[nH]c(=O)n(Cc4ccccn4)c3c2cc1Cl. The summed E-state index contributed by atoms with van der Waals surface area (Å²) in [7, 11) is 0. The molecule has 5 aromatic rings. The molecule has 0 aliphatic carbocycles. The van der Waals surface area contributed by atoms with Crippen LogP contribution in [0.5, 0.6) is 0 Å². The van der Waals surface area contributed by atoms with Crippen LogP contribution in [0.4, 0.5) is 0 Å². The lowest BCUT2D eigenvalue weighted by Gasteiger charge is -2.09. The summed E-state index contributed by atoms with van der Waals surface area (Å²) in [5.74, 6) is 0.693. The zero-order valence-corrected chi connectivity index (χ0v) is 16.5. The highest BCUT2D eigenvalue weighted by molar-refractivity contribution is 6.34. The number of H-pyrrole nitrogens is 1. The van der Waals surface area contributed by atoms with Crippen LogP contribution in [-0.4, -0.2) is 24.7 Å². The molecule has 0 atom stereocenters. The topological polar surface area (TPSA) is 89.6 Å². The number of fused-ring (bicyclic) bond motifs is 3. The number of hydrogen-bond donors (Lipinski definition) is 1. The van der Waals surface area contributed by atoms with Crippen molar-refractivity contribution >= 4 is 33.5 Å². The van der Waals surface area contributed by atoms with Crippen molar-refractivity contribution in [2.24, 2.45) is 0 Å². The summed E-state index contributed by atoms with van der Waals surface area (Å²) in [6.07, 6.45) is 3.38. The fraction of sp³-hybridized carbons (Fsp3) is 0.143. The van der Waals surface area contributed by atoms with Crippen molar-refractivity contribution in [3.63, 3.8) is 0 Å². The largest absolute Gasteiger partial charge is 0.361 e. The van der Waals surface area contributed by atoms with Gasteiger partial charge in [0, 0.05) is 27.7 Å². The molecule has 0 radical (unpaired) electrons. The molecule has 5 rings (SSSR count). The van der Waals surface area contributed by atoms with Crippen molar-refractivity contribution in [1.29, 1.82) is 0 Å². The number of benzene rings is 1. The van der Waals surface area contributed by atoms with Gasteiger partial charge in [-0.3, -0.25) is 14.5 Å². The number of rotatable bonds is 3. The molecule has 0 fully saturated rings. The highest BCUT2D eigenvalue weighted by Gasteiger charge is 2.18. The number of aromatic nitrogens is 5. The minimum Gasteiger partial charge on any atom is -0.361 e. The van der Waals surface area contributed by atoms with E-state index in [2.05, 4.69) is 20.1 Å². The third-order valence-corrected chi connectivity index (χ3v) is 5.35. The Balaban J connectivity index is 1.77. The van der Waals surface area contributed by atoms with Crippen LogP contribution in [0.15, 0.2) is 52.0 Å². The highest BCUT2D eigenvalue weighted by atomic mass is 35.5. The van der Waals surface area contributed by atoms with Crippen LogP contribution in [0.3, 0.4) is 0 Å². The maximum Gasteiger partial charge on any atom is 0.326 e. The molecule has 7 nitrogen and oxygen atoms in total. The number of nitrogens with zero attached hydrogens (tertiary/aromatic N) is 4. The van der Waals surface area contributed by atoms with Gasteiger partial charge in [-0.25, -0.2) is 4.79 Å². The maximum absolute atomic E-state index is 12.6. The smallest absolute Gasteiger partial charge is 0.326 e. The summed E-state index contributed by atoms with van der Waals surface area (Å²) < 4.78 is 6.95. The van der Waals surface area contributed by atoms with Crippen LogP contribution in [0, 0.1) is 13.8 Å². The molecule has 0 saturated heterocycles. The van der Waals surface area contributed by atoms with Gasteiger partial charge in [-0.15, -0.1) is 0 Å². The van der Waals surface area contributed by atoms with Gasteiger partial charge in [0.2, 0.25) is 0 Å². The van der Waals surface area contributed by atoms with E-state index in [1.165, 1.54) is 0 Å². The molecule has 0 amide bonds. The minimum absolute atomic E-state index is 0.217. The van der Waals surface area contributed by atoms with Gasteiger partial charge in [-0.2, -0.15) is 0 Å². The van der Waals surface area contributed by atoms with Crippen molar-refractivity contribution in [1.82, 2.24) is 24.7 Å². The maximum atomic E-state index is 12.6. The molecule has 1 aromatic carbocycles. The molecule has 0 aliphatic rings. The number of imidazole rings is 1. The highest BCUT2D eigenvalue weighted by Crippen LogP contribution is 2.36. The summed E-state index contributed by atoms with van der Waals surface area (Å²) in [5.41, 5.74) is 5.13. The predicted octanol–water partition coefficient (Wildman–Crippen LogP) is 4.25. The van der Waals surface area contributed by atoms with Gasteiger partial charge in [0.15, 0.2) is 0 Å². The van der Waals surface area contributed by atoms with Crippen LogP contribution < -0.4 is 5.69 Å². The van der Waals surface area contributed by atoms with Gasteiger partial charge in [0.1, 0.15) is 5.76 Å². The van der Waals surface area contributed by atoms with Gasteiger partial charge < -0.3 is 9.51 Å². The summed E-state index contributed by atoms with van der Waals surface area (Å²) in [5, 5.41) is 5.35. The van der Waals surface area contributed by atoms with Crippen LogP contribution in [0.2, 0.25) is 5.02 Å². The Bertz CT molecular complexity index is 1410. The van der Waals surface area contributed by atoms with Crippen molar-refractivity contribution in [3.05, 3.63) is 75.4 Å². The van der Waals surface area contributed by atoms with Crippen molar-refractivity contribution in [3.8, 4) is 11.1 Å². The monoisotopic (exact) mass is 405 g/mol. The number of halogens is 1. The number of aromatic amines is 1. The van der Waals surface area contributed by atoms with E-state index in [1.54, 1.807) is 17.0 Å². The standard InChI is InChI=1S/C21H16ClN5O2/c1-11-19(12(2)29-26-11)14-8-17-15(7-16(14)22)20-18(9-24-17)25-21(28)27(20)10-13-5-3-4-6-23-13/h3-9H,10H2,1-2H3,(H,25,28). The summed E-state index contributed by atoms with van der Waals surface area (Å²) in [6, 6.07) is 9.38. The average molecular weight is 406 g/mol. The summed E-state index contributed by atoms with van der Waals surface area (Å²) in [6.45, 7) is 4.07. The van der Waals surface area contributed by atoms with Gasteiger partial charge >= 0.3 is 5.69 Å². The number of aryl methyl sites for hydroxylation is 2. The lowest BCUT2D eigenvalue weighted by Crippen LogP contribution is -2.18. The first-order chi connectivity index (χ1) is 14.0. The van der Waals surface area contributed by atoms with E-state index in [-0.39, 0.29) is 5.69 Å². The van der Waals surface area contributed by atoms with Crippen LogP contribution in [0.1, 0.15) is 17.1 Å². The first kappa shape index (κ1) is 17.6. The molecule has 8 heteroatoms. The second kappa shape index (κ2) is 6.56. The molecule has 0 saturated carbocycles. The second-order valence-corrected chi connectivity index (χ2v) is 7.31. The van der Waals surface area contributed by atoms with Crippen molar-refractivity contribution in [2.75, 3.05) is 0 Å². The minimum atomic E-state index is -0.217. The average Bonchev–Trinajstić information content (AvgIpc) is 3.21. The molecule has 0 bridgehead atoms. The van der Waals surface area contributed by atoms with E-state index < -0.39 is 0 Å². The molecule has 4 heterocycles. The van der Waals surface area contributed by atoms with Gasteiger partial charge in [-0.1, -0.05) is 22.8 Å². The van der Waals surface area contributed by atoms with E-state index in [0.717, 1.165) is 38.9 Å². The van der Waals surface area contributed by atoms with Crippen molar-refractivity contribution < 1.29 is 4.52 Å². The molecule has 0 aliphatic heterocycles. The van der Waals surface area contributed by atoms with Crippen LogP contribution in [-0.2, 0) is 6.54 Å². The summed E-state index contributed by atoms with van der Waals surface area (Å²) >= 11 is 6.65. The number of nitrogens with one attached hydrogen (secondary N) is 1. The Morgan fingerprint density at radius 2 is 2.07 bits per heavy atom. The lowest BCUT2D eigenvalue weighted by molar-refractivity contribution is 0.393. The molecular formula is C21H16ClN5O2. The Labute approximate surface area is 170 Å². The number of pyridine rings is 2. The third-order valence-electron chi connectivity index (χ3n) is 5.03. The summed E-state index contributed by atoms with van der Waals surface area (Å²) in [4.78, 5) is 24.3. The van der Waals surface area contributed by atoms with Gasteiger partial charge in [-0.05, 0) is 38.1 Å². The van der Waals surface area contributed by atoms with Crippen molar-refractivity contribution in [2.45, 2.75) is 20.4 Å². The van der Waals surface area contributed by atoms with Gasteiger partial charge in [0.25, 0.3) is 0 Å². The molecule has 144 valence electrons. The van der Waals surface area contributed by atoms with E-state index in [4.69, 9.17) is 16.1 Å². The Kier molecular flexibility index (Phi) is 3.99. The van der Waals surface area contributed by atoms with Crippen LogP contribution in [0.25, 0.3) is 33.1 Å². The lowest BCUT2D eigenvalue weighted by atomic mass is 10.0. The molecule has 4 aromatic heterocycles. The van der Waals surface area contributed by atoms with Crippen LogP contribution >= 0.6 is 11.6 Å². The Morgan fingerprint density at radius 3 is 2.79 bits per heavy atom. The normalized spacial score (nSPS) is 11.6. The Hall–Kier alpha value is -3.45. The first-order valence-electron chi connectivity index (χ1n) is 9.07. The van der Waals surface area contributed by atoms with Gasteiger partial charge in [0.05, 0.1) is 40.7 Å². The molecule has 1 N–H and O–H groups in total.